The van der Waals surface area contributed by atoms with Gasteiger partial charge in [-0.05, 0) is 13.8 Å². The van der Waals surface area contributed by atoms with E-state index in [1.54, 1.807) is 0 Å². The first-order chi connectivity index (χ1) is 4.12. The van der Waals surface area contributed by atoms with E-state index in [0.717, 1.165) is 0 Å². The van der Waals surface area contributed by atoms with Crippen LogP contribution in [0.3, 0.4) is 0 Å². The Labute approximate surface area is 55.8 Å². The molecule has 3 heteroatoms. The highest BCUT2D eigenvalue weighted by molar-refractivity contribution is 4.68. The Morgan fingerprint density at radius 1 is 1.56 bits per heavy atom. The van der Waals surface area contributed by atoms with Gasteiger partial charge in [-0.1, -0.05) is 0 Å². The van der Waals surface area contributed by atoms with Crippen LogP contribution in [0.2, 0.25) is 0 Å². The number of rotatable bonds is 4. The highest BCUT2D eigenvalue weighted by Crippen LogP contribution is 2.04. The van der Waals surface area contributed by atoms with Crippen LogP contribution >= 0.6 is 0 Å². The second-order valence-electron chi connectivity index (χ2n) is 2.54. The van der Waals surface area contributed by atoms with Crippen LogP contribution in [0.5, 0.6) is 0 Å². The molecule has 9 heavy (non-hydrogen) atoms. The smallest absolute Gasteiger partial charge is 0.0749 e. The molecule has 0 heterocycles. The molecule has 3 nitrogen and oxygen atoms in total. The summed E-state index contributed by atoms with van der Waals surface area (Å²) in [5, 5.41) is 8.36. The zero-order valence-corrected chi connectivity index (χ0v) is 6.05. The largest absolute Gasteiger partial charge is 0.394 e. The predicted octanol–water partition coefficient (Wildman–Crippen LogP) is -0.267. The fourth-order valence-electron chi connectivity index (χ4n) is 0.381. The summed E-state index contributed by atoms with van der Waals surface area (Å²) in [7, 11) is 0. The summed E-state index contributed by atoms with van der Waals surface area (Å²) < 4.78 is 5.15. The Morgan fingerprint density at radius 2 is 2.11 bits per heavy atom. The van der Waals surface area contributed by atoms with Crippen LogP contribution in [-0.2, 0) is 4.74 Å². The number of aliphatic hydroxyl groups excluding tert-OH is 1. The number of hydrogen-bond acceptors (Lipinski definition) is 3. The molecule has 3 N–H and O–H groups in total. The summed E-state index contributed by atoms with van der Waals surface area (Å²) in [6, 6.07) is 0. The number of nitrogens with two attached hydrogens (primary N) is 1. The lowest BCUT2D eigenvalue weighted by Gasteiger charge is -2.22. The molecule has 0 fully saturated rings. The molecule has 0 radical (unpaired) electrons. The highest BCUT2D eigenvalue weighted by atomic mass is 16.5. The lowest BCUT2D eigenvalue weighted by molar-refractivity contribution is -0.0264. The zero-order valence-electron chi connectivity index (χ0n) is 6.05. The molecule has 0 saturated heterocycles. The molecular formula is C6H15NO2. The third kappa shape index (κ3) is 4.39. The van der Waals surface area contributed by atoms with Crippen molar-refractivity contribution in [3.8, 4) is 0 Å². The minimum Gasteiger partial charge on any atom is -0.394 e. The average molecular weight is 133 g/mol. The van der Waals surface area contributed by atoms with Gasteiger partial charge in [0.1, 0.15) is 0 Å². The Hall–Kier alpha value is -0.120. The van der Waals surface area contributed by atoms with E-state index in [4.69, 9.17) is 15.6 Å². The molecule has 0 aliphatic rings. The number of aliphatic hydroxyl groups is 1. The van der Waals surface area contributed by atoms with Gasteiger partial charge in [-0.15, -0.1) is 0 Å². The first kappa shape index (κ1) is 8.88. The van der Waals surface area contributed by atoms with Crippen molar-refractivity contribution in [2.24, 2.45) is 5.73 Å². The van der Waals surface area contributed by atoms with E-state index in [2.05, 4.69) is 0 Å². The normalized spacial score (nSPS) is 12.0. The SMILES string of the molecule is CC(C)(CN)OCCO. The van der Waals surface area contributed by atoms with Gasteiger partial charge in [0.05, 0.1) is 18.8 Å². The molecule has 0 unspecified atom stereocenters. The van der Waals surface area contributed by atoms with Gasteiger partial charge in [-0.25, -0.2) is 0 Å². The van der Waals surface area contributed by atoms with Gasteiger partial charge >= 0.3 is 0 Å². The minimum atomic E-state index is -0.289. The Morgan fingerprint density at radius 3 is 2.44 bits per heavy atom. The average Bonchev–Trinajstić information content (AvgIpc) is 1.84. The van der Waals surface area contributed by atoms with Crippen LogP contribution in [0.25, 0.3) is 0 Å². The topological polar surface area (TPSA) is 55.5 Å². The summed E-state index contributed by atoms with van der Waals surface area (Å²) in [5.41, 5.74) is 5.05. The molecule has 0 amide bonds. The molecule has 0 bridgehead atoms. The molecule has 56 valence electrons. The summed E-state index contributed by atoms with van der Waals surface area (Å²) in [4.78, 5) is 0. The molecule has 0 aliphatic carbocycles. The van der Waals surface area contributed by atoms with E-state index < -0.39 is 0 Å². The van der Waals surface area contributed by atoms with Gasteiger partial charge in [0.25, 0.3) is 0 Å². The van der Waals surface area contributed by atoms with E-state index in [-0.39, 0.29) is 12.2 Å². The summed E-state index contributed by atoms with van der Waals surface area (Å²) in [6.07, 6.45) is 0. The Balaban J connectivity index is 3.33. The van der Waals surface area contributed by atoms with Gasteiger partial charge in [0, 0.05) is 6.54 Å². The van der Waals surface area contributed by atoms with Gasteiger partial charge < -0.3 is 15.6 Å². The fourth-order valence-corrected chi connectivity index (χ4v) is 0.381. The zero-order chi connectivity index (χ0) is 7.33. The van der Waals surface area contributed by atoms with E-state index in [9.17, 15) is 0 Å². The maximum Gasteiger partial charge on any atom is 0.0749 e. The summed E-state index contributed by atoms with van der Waals surface area (Å²) in [6.45, 7) is 4.69. The second-order valence-corrected chi connectivity index (χ2v) is 2.54. The third-order valence-electron chi connectivity index (χ3n) is 1.08. The standard InChI is InChI=1S/C6H15NO2/c1-6(2,5-7)9-4-3-8/h8H,3-5,7H2,1-2H3. The lowest BCUT2D eigenvalue weighted by atomic mass is 10.1. The van der Waals surface area contributed by atoms with Crippen molar-refractivity contribution in [2.75, 3.05) is 19.8 Å². The van der Waals surface area contributed by atoms with Crippen molar-refractivity contribution < 1.29 is 9.84 Å². The van der Waals surface area contributed by atoms with Crippen LogP contribution < -0.4 is 5.73 Å². The summed E-state index contributed by atoms with van der Waals surface area (Å²) >= 11 is 0. The maximum absolute atomic E-state index is 8.36. The van der Waals surface area contributed by atoms with Crippen LogP contribution in [0.4, 0.5) is 0 Å². The molecule has 0 spiro atoms. The van der Waals surface area contributed by atoms with Gasteiger partial charge in [0.2, 0.25) is 0 Å². The maximum atomic E-state index is 8.36. The molecule has 0 aliphatic heterocycles. The molecule has 0 aromatic carbocycles. The van der Waals surface area contributed by atoms with E-state index in [1.165, 1.54) is 0 Å². The van der Waals surface area contributed by atoms with Gasteiger partial charge in [-0.3, -0.25) is 0 Å². The van der Waals surface area contributed by atoms with Crippen molar-refractivity contribution in [2.45, 2.75) is 19.4 Å². The van der Waals surface area contributed by atoms with Crippen molar-refractivity contribution >= 4 is 0 Å². The second kappa shape index (κ2) is 3.82. The Bertz CT molecular complexity index is 73.5. The van der Waals surface area contributed by atoms with Crippen LogP contribution in [0, 0.1) is 0 Å². The first-order valence-corrected chi connectivity index (χ1v) is 3.07. The van der Waals surface area contributed by atoms with Crippen LogP contribution in [0.15, 0.2) is 0 Å². The van der Waals surface area contributed by atoms with Gasteiger partial charge in [0.15, 0.2) is 0 Å². The van der Waals surface area contributed by atoms with E-state index >= 15 is 0 Å². The van der Waals surface area contributed by atoms with Crippen LogP contribution in [-0.4, -0.2) is 30.5 Å². The van der Waals surface area contributed by atoms with Crippen molar-refractivity contribution in [3.63, 3.8) is 0 Å². The highest BCUT2D eigenvalue weighted by Gasteiger charge is 2.14. The molecule has 0 saturated carbocycles. The number of hydrogen-bond donors (Lipinski definition) is 2. The summed E-state index contributed by atoms with van der Waals surface area (Å²) in [5.74, 6) is 0. The van der Waals surface area contributed by atoms with Crippen molar-refractivity contribution in [1.29, 1.82) is 0 Å². The molecule has 0 aromatic rings. The number of ether oxygens (including phenoxy) is 1. The van der Waals surface area contributed by atoms with Crippen molar-refractivity contribution in [1.82, 2.24) is 0 Å². The third-order valence-corrected chi connectivity index (χ3v) is 1.08. The van der Waals surface area contributed by atoms with Crippen LogP contribution in [0.1, 0.15) is 13.8 Å². The molecule has 0 aromatic heterocycles. The molecular weight excluding hydrogens is 118 g/mol. The van der Waals surface area contributed by atoms with E-state index in [0.29, 0.717) is 13.2 Å². The fraction of sp³-hybridized carbons (Fsp3) is 1.00. The Kier molecular flexibility index (Phi) is 3.77. The quantitative estimate of drug-likeness (QED) is 0.555. The van der Waals surface area contributed by atoms with Crippen molar-refractivity contribution in [3.05, 3.63) is 0 Å². The van der Waals surface area contributed by atoms with E-state index in [1.807, 2.05) is 13.8 Å². The predicted molar refractivity (Wildman–Crippen MR) is 36.2 cm³/mol. The molecule has 0 atom stereocenters. The first-order valence-electron chi connectivity index (χ1n) is 3.07. The molecule has 0 rings (SSSR count). The lowest BCUT2D eigenvalue weighted by Crippen LogP contribution is -2.34. The minimum absolute atomic E-state index is 0.0590. The monoisotopic (exact) mass is 133 g/mol. The van der Waals surface area contributed by atoms with Gasteiger partial charge in [-0.2, -0.15) is 0 Å².